The summed E-state index contributed by atoms with van der Waals surface area (Å²) in [7, 11) is 2.13. The summed E-state index contributed by atoms with van der Waals surface area (Å²) in [4.78, 5) is 42.3. The molecular weight excluding hydrogens is 504 g/mol. The summed E-state index contributed by atoms with van der Waals surface area (Å²) in [5, 5.41) is 3.67. The lowest BCUT2D eigenvalue weighted by Gasteiger charge is -2.33. The highest BCUT2D eigenvalue weighted by Gasteiger charge is 2.22. The van der Waals surface area contributed by atoms with E-state index in [1.54, 1.807) is 0 Å². The summed E-state index contributed by atoms with van der Waals surface area (Å²) in [6.07, 6.45) is 4.35. The molecule has 206 valence electrons. The van der Waals surface area contributed by atoms with Crippen molar-refractivity contribution in [3.63, 3.8) is 0 Å². The molecule has 9 heteroatoms. The summed E-state index contributed by atoms with van der Waals surface area (Å²) in [6, 6.07) is 11.8. The Kier molecular flexibility index (Phi) is 7.66. The van der Waals surface area contributed by atoms with Crippen molar-refractivity contribution in [2.24, 2.45) is 0 Å². The number of piperazine rings is 1. The lowest BCUT2D eigenvalue weighted by molar-refractivity contribution is -0.111. The number of nitrogens with one attached hydrogen (secondary N) is 2. The average Bonchev–Trinajstić information content (AvgIpc) is 3.33. The molecule has 0 radical (unpaired) electrons. The Morgan fingerprint density at radius 1 is 1.07 bits per heavy atom. The molecule has 4 aromatic rings. The van der Waals surface area contributed by atoms with Crippen LogP contribution in [0.3, 0.4) is 0 Å². The molecule has 0 spiro atoms. The van der Waals surface area contributed by atoms with E-state index in [4.69, 9.17) is 4.74 Å². The zero-order valence-electron chi connectivity index (χ0n) is 23.3. The molecule has 2 N–H and O–H groups in total. The minimum absolute atomic E-state index is 0.248. The fourth-order valence-corrected chi connectivity index (χ4v) is 4.86. The van der Waals surface area contributed by atoms with Crippen molar-refractivity contribution in [2.75, 3.05) is 43.4 Å². The Balaban J connectivity index is 1.67. The number of benzene rings is 1. The number of fused-ring (bicyclic) bond motifs is 1. The number of aromatic nitrogens is 3. The molecule has 0 aliphatic carbocycles. The van der Waals surface area contributed by atoms with Crippen LogP contribution < -0.4 is 10.2 Å². The fourth-order valence-electron chi connectivity index (χ4n) is 4.86. The predicted octanol–water partition coefficient (Wildman–Crippen LogP) is 5.04. The summed E-state index contributed by atoms with van der Waals surface area (Å²) in [6.45, 7) is 12.9. The van der Waals surface area contributed by atoms with Gasteiger partial charge >= 0.3 is 5.97 Å². The third-order valence-corrected chi connectivity index (χ3v) is 7.06. The number of rotatable bonds is 7. The van der Waals surface area contributed by atoms with Crippen molar-refractivity contribution in [1.82, 2.24) is 19.9 Å². The number of esters is 1. The number of carbonyl (C=O) groups is 2. The maximum atomic E-state index is 12.8. The smallest absolute Gasteiger partial charge is 0.339 e. The molecule has 1 fully saturated rings. The Labute approximate surface area is 233 Å². The Morgan fingerprint density at radius 3 is 2.58 bits per heavy atom. The number of aromatic amines is 1. The number of pyridine rings is 2. The third-order valence-electron chi connectivity index (χ3n) is 7.06. The number of ether oxygens (including phenoxy) is 1. The van der Waals surface area contributed by atoms with Crippen LogP contribution in [0.1, 0.15) is 29.8 Å². The summed E-state index contributed by atoms with van der Waals surface area (Å²) in [5.74, 6) is 0.195. The molecule has 0 unspecified atom stereocenters. The number of aryl methyl sites for hydroxylation is 1. The largest absolute Gasteiger partial charge is 0.459 e. The van der Waals surface area contributed by atoms with Gasteiger partial charge in [-0.3, -0.25) is 4.79 Å². The van der Waals surface area contributed by atoms with Gasteiger partial charge in [-0.05, 0) is 69.3 Å². The van der Waals surface area contributed by atoms with E-state index >= 15 is 0 Å². The second-order valence-electron chi connectivity index (χ2n) is 10.4. The second-order valence-corrected chi connectivity index (χ2v) is 10.4. The molecule has 40 heavy (non-hydrogen) atoms. The summed E-state index contributed by atoms with van der Waals surface area (Å²) >= 11 is 0. The quantitative estimate of drug-likeness (QED) is 0.251. The highest BCUT2D eigenvalue weighted by molar-refractivity contribution is 6.06. The number of nitrogens with zero attached hydrogens (tertiary/aromatic N) is 4. The lowest BCUT2D eigenvalue weighted by Crippen LogP contribution is -2.44. The molecule has 4 heterocycles. The number of anilines is 2. The second kappa shape index (κ2) is 11.3. The normalized spacial score (nSPS) is 14.0. The van der Waals surface area contributed by atoms with E-state index in [0.29, 0.717) is 16.9 Å². The summed E-state index contributed by atoms with van der Waals surface area (Å²) in [5.41, 5.74) is 6.13. The molecule has 1 saturated heterocycles. The predicted molar refractivity (Wildman–Crippen MR) is 159 cm³/mol. The molecule has 1 aliphatic rings. The zero-order valence-corrected chi connectivity index (χ0v) is 23.3. The maximum Gasteiger partial charge on any atom is 0.339 e. The van der Waals surface area contributed by atoms with Crippen molar-refractivity contribution in [2.45, 2.75) is 26.9 Å². The van der Waals surface area contributed by atoms with Crippen LogP contribution in [0.4, 0.5) is 11.5 Å². The van der Waals surface area contributed by atoms with Crippen molar-refractivity contribution < 1.29 is 14.3 Å². The highest BCUT2D eigenvalue weighted by atomic mass is 16.5. The van der Waals surface area contributed by atoms with E-state index in [0.717, 1.165) is 65.3 Å². The van der Waals surface area contributed by atoms with Crippen molar-refractivity contribution in [1.29, 1.82) is 0 Å². The van der Waals surface area contributed by atoms with E-state index in [1.165, 1.54) is 12.3 Å². The Hall–Kier alpha value is -4.50. The highest BCUT2D eigenvalue weighted by Crippen LogP contribution is 2.40. The molecule has 0 atom stereocenters. The minimum atomic E-state index is -0.429. The topological polar surface area (TPSA) is 103 Å². The van der Waals surface area contributed by atoms with Crippen LogP contribution in [0.25, 0.3) is 33.4 Å². The molecule has 1 aliphatic heterocycles. The average molecular weight is 539 g/mol. The molecular formula is C31H34N6O3. The molecule has 1 amide bonds. The standard InChI is InChI=1S/C31H34N6O3/c1-6-27(38)34-25-16-21(8-7-20(25)4)28-24-15-23(31(39)40-19(2)3)18-33-30(24)35-29(28)22-9-10-32-26(17-22)37-13-11-36(5)12-14-37/h6-10,15-19H,1,11-14H2,2-5H3,(H,33,35)(H,34,38). The van der Waals surface area contributed by atoms with Gasteiger partial charge in [-0.25, -0.2) is 14.8 Å². The molecule has 9 nitrogen and oxygen atoms in total. The van der Waals surface area contributed by atoms with E-state index < -0.39 is 5.97 Å². The number of amides is 1. The van der Waals surface area contributed by atoms with Crippen LogP contribution in [0.2, 0.25) is 0 Å². The van der Waals surface area contributed by atoms with Gasteiger partial charge in [0.2, 0.25) is 5.91 Å². The third kappa shape index (κ3) is 5.60. The van der Waals surface area contributed by atoms with Crippen molar-refractivity contribution in [3.05, 3.63) is 72.6 Å². The lowest BCUT2D eigenvalue weighted by atomic mass is 9.97. The van der Waals surface area contributed by atoms with Gasteiger partial charge < -0.3 is 24.8 Å². The maximum absolute atomic E-state index is 12.8. The van der Waals surface area contributed by atoms with Crippen LogP contribution in [-0.2, 0) is 9.53 Å². The minimum Gasteiger partial charge on any atom is -0.459 e. The van der Waals surface area contributed by atoms with E-state index in [2.05, 4.69) is 49.8 Å². The first kappa shape index (κ1) is 27.1. The molecule has 1 aromatic carbocycles. The van der Waals surface area contributed by atoms with Gasteiger partial charge in [0.05, 0.1) is 17.4 Å². The monoisotopic (exact) mass is 538 g/mol. The van der Waals surface area contributed by atoms with Gasteiger partial charge in [0, 0.05) is 60.8 Å². The van der Waals surface area contributed by atoms with Gasteiger partial charge in [-0.2, -0.15) is 0 Å². The molecule has 3 aromatic heterocycles. The van der Waals surface area contributed by atoms with E-state index in [9.17, 15) is 9.59 Å². The van der Waals surface area contributed by atoms with Gasteiger partial charge in [-0.1, -0.05) is 18.7 Å². The van der Waals surface area contributed by atoms with Crippen LogP contribution in [0, 0.1) is 6.92 Å². The van der Waals surface area contributed by atoms with Crippen molar-refractivity contribution >= 4 is 34.4 Å². The van der Waals surface area contributed by atoms with Crippen LogP contribution in [0.5, 0.6) is 0 Å². The number of H-pyrrole nitrogens is 1. The SMILES string of the molecule is C=CC(=O)Nc1cc(-c2c(-c3ccnc(N4CCN(C)CC4)c3)[nH]c3ncc(C(=O)OC(C)C)cc23)ccc1C. The first-order chi connectivity index (χ1) is 19.2. The number of likely N-dealkylation sites (N-methyl/N-ethyl adjacent to an activating group) is 1. The van der Waals surface area contributed by atoms with Crippen LogP contribution >= 0.6 is 0 Å². The number of hydrogen-bond acceptors (Lipinski definition) is 7. The number of carbonyl (C=O) groups excluding carboxylic acids is 2. The van der Waals surface area contributed by atoms with Gasteiger partial charge in [0.25, 0.3) is 0 Å². The van der Waals surface area contributed by atoms with Gasteiger partial charge in [0.15, 0.2) is 0 Å². The zero-order chi connectivity index (χ0) is 28.4. The van der Waals surface area contributed by atoms with Gasteiger partial charge in [0.1, 0.15) is 11.5 Å². The summed E-state index contributed by atoms with van der Waals surface area (Å²) < 4.78 is 5.44. The Bertz CT molecular complexity index is 1580. The first-order valence-corrected chi connectivity index (χ1v) is 13.4. The van der Waals surface area contributed by atoms with E-state index in [1.807, 2.05) is 57.3 Å². The van der Waals surface area contributed by atoms with Crippen molar-refractivity contribution in [3.8, 4) is 22.4 Å². The number of hydrogen-bond donors (Lipinski definition) is 2. The van der Waals surface area contributed by atoms with E-state index in [-0.39, 0.29) is 12.0 Å². The first-order valence-electron chi connectivity index (χ1n) is 13.4. The Morgan fingerprint density at radius 2 is 1.85 bits per heavy atom. The fraction of sp³-hybridized carbons (Fsp3) is 0.290. The molecule has 5 rings (SSSR count). The van der Waals surface area contributed by atoms with Crippen LogP contribution in [0.15, 0.2) is 61.4 Å². The van der Waals surface area contributed by atoms with Gasteiger partial charge in [-0.15, -0.1) is 0 Å². The molecule has 0 saturated carbocycles. The van der Waals surface area contributed by atoms with Crippen LogP contribution in [-0.4, -0.2) is 71.1 Å². The molecule has 0 bridgehead atoms.